The highest BCUT2D eigenvalue weighted by atomic mass is 35.5. The first-order valence-corrected chi connectivity index (χ1v) is 6.62. The molecule has 0 aliphatic carbocycles. The van der Waals surface area contributed by atoms with Crippen LogP contribution in [0.15, 0.2) is 18.2 Å². The van der Waals surface area contributed by atoms with Crippen LogP contribution in [0.5, 0.6) is 5.75 Å². The van der Waals surface area contributed by atoms with E-state index in [1.165, 1.54) is 7.11 Å². The molecule has 0 aliphatic heterocycles. The van der Waals surface area contributed by atoms with Crippen molar-refractivity contribution in [3.63, 3.8) is 0 Å². The van der Waals surface area contributed by atoms with Crippen molar-refractivity contribution >= 4 is 17.6 Å². The molecule has 5 heteroatoms. The lowest BCUT2D eigenvalue weighted by Gasteiger charge is -2.11. The molecule has 0 spiro atoms. The zero-order valence-electron chi connectivity index (χ0n) is 11.5. The van der Waals surface area contributed by atoms with Gasteiger partial charge in [0.2, 0.25) is 0 Å². The molecule has 4 nitrogen and oxygen atoms in total. The zero-order valence-corrected chi connectivity index (χ0v) is 12.3. The topological polar surface area (TPSA) is 47.6 Å². The maximum Gasteiger partial charge on any atom is 0.308 e. The van der Waals surface area contributed by atoms with E-state index in [-0.39, 0.29) is 19.0 Å². The highest BCUT2D eigenvalue weighted by Crippen LogP contribution is 2.25. The number of rotatable bonds is 7. The second-order valence-corrected chi connectivity index (χ2v) is 4.88. The van der Waals surface area contributed by atoms with Crippen molar-refractivity contribution in [2.24, 2.45) is 0 Å². The molecule has 1 aromatic carbocycles. The van der Waals surface area contributed by atoms with Gasteiger partial charge in [0.05, 0.1) is 25.2 Å². The molecule has 0 radical (unpaired) electrons. The van der Waals surface area contributed by atoms with Gasteiger partial charge in [-0.3, -0.25) is 4.79 Å². The van der Waals surface area contributed by atoms with Gasteiger partial charge in [-0.2, -0.15) is 0 Å². The third-order valence-electron chi connectivity index (χ3n) is 2.50. The minimum absolute atomic E-state index is 0.212. The molecular weight excluding hydrogens is 266 g/mol. The van der Waals surface area contributed by atoms with Gasteiger partial charge in [0, 0.05) is 12.6 Å². The molecule has 1 aromatic rings. The molecular formula is C14H20ClNO3. The van der Waals surface area contributed by atoms with E-state index in [1.807, 2.05) is 18.2 Å². The molecule has 0 atom stereocenters. The summed E-state index contributed by atoms with van der Waals surface area (Å²) in [4.78, 5) is 10.9. The van der Waals surface area contributed by atoms with E-state index in [1.54, 1.807) is 0 Å². The molecule has 0 saturated heterocycles. The van der Waals surface area contributed by atoms with Crippen molar-refractivity contribution in [3.05, 3.63) is 28.8 Å². The molecule has 0 aromatic heterocycles. The third kappa shape index (κ3) is 5.94. The average Bonchev–Trinajstić information content (AvgIpc) is 2.38. The highest BCUT2D eigenvalue weighted by Gasteiger charge is 2.05. The number of hydrogen-bond acceptors (Lipinski definition) is 4. The van der Waals surface area contributed by atoms with Gasteiger partial charge in [-0.25, -0.2) is 0 Å². The quantitative estimate of drug-likeness (QED) is 0.783. The van der Waals surface area contributed by atoms with Gasteiger partial charge >= 0.3 is 5.97 Å². The molecule has 0 aliphatic rings. The first-order chi connectivity index (χ1) is 9.02. The summed E-state index contributed by atoms with van der Waals surface area (Å²) in [5.74, 6) is 0.285. The van der Waals surface area contributed by atoms with E-state index in [0.717, 1.165) is 12.1 Å². The van der Waals surface area contributed by atoms with Crippen LogP contribution in [-0.4, -0.2) is 25.7 Å². The van der Waals surface area contributed by atoms with Crippen molar-refractivity contribution in [2.75, 3.05) is 13.7 Å². The Morgan fingerprint density at radius 1 is 1.42 bits per heavy atom. The lowest BCUT2D eigenvalue weighted by Crippen LogP contribution is -2.21. The Kier molecular flexibility index (Phi) is 6.67. The Bertz CT molecular complexity index is 421. The number of benzene rings is 1. The number of esters is 1. The van der Waals surface area contributed by atoms with Gasteiger partial charge in [-0.1, -0.05) is 31.5 Å². The molecule has 0 heterocycles. The van der Waals surface area contributed by atoms with Gasteiger partial charge < -0.3 is 14.8 Å². The number of hydrogen-bond donors (Lipinski definition) is 1. The number of ether oxygens (including phenoxy) is 2. The van der Waals surface area contributed by atoms with E-state index in [0.29, 0.717) is 16.8 Å². The summed E-state index contributed by atoms with van der Waals surface area (Å²) in [7, 11) is 1.35. The first-order valence-electron chi connectivity index (χ1n) is 6.24. The lowest BCUT2D eigenvalue weighted by molar-refractivity contribution is -0.141. The number of nitrogens with one attached hydrogen (secondary N) is 1. The smallest absolute Gasteiger partial charge is 0.308 e. The zero-order chi connectivity index (χ0) is 14.3. The minimum atomic E-state index is -0.297. The van der Waals surface area contributed by atoms with Gasteiger partial charge in [-0.15, -0.1) is 0 Å². The predicted octanol–water partition coefficient (Wildman–Crippen LogP) is 2.78. The van der Waals surface area contributed by atoms with Crippen LogP contribution in [0.25, 0.3) is 0 Å². The Morgan fingerprint density at radius 3 is 2.74 bits per heavy atom. The van der Waals surface area contributed by atoms with Crippen molar-refractivity contribution in [2.45, 2.75) is 32.9 Å². The third-order valence-corrected chi connectivity index (χ3v) is 2.80. The van der Waals surface area contributed by atoms with Gasteiger partial charge in [0.15, 0.2) is 0 Å². The molecule has 106 valence electrons. The van der Waals surface area contributed by atoms with Crippen molar-refractivity contribution < 1.29 is 14.3 Å². The number of halogens is 1. The van der Waals surface area contributed by atoms with Gasteiger partial charge in [-0.05, 0) is 17.7 Å². The molecule has 0 saturated carbocycles. The summed E-state index contributed by atoms with van der Waals surface area (Å²) in [6.45, 7) is 5.20. The van der Waals surface area contributed by atoms with Crippen LogP contribution in [0.3, 0.4) is 0 Å². The second-order valence-electron chi connectivity index (χ2n) is 4.47. The van der Waals surface area contributed by atoms with Crippen LogP contribution in [0, 0.1) is 0 Å². The van der Waals surface area contributed by atoms with Crippen LogP contribution < -0.4 is 10.1 Å². The Hall–Kier alpha value is -1.26. The molecule has 0 fully saturated rings. The summed E-state index contributed by atoms with van der Waals surface area (Å²) in [5, 5.41) is 3.86. The molecule has 0 amide bonds. The van der Waals surface area contributed by atoms with Crippen molar-refractivity contribution in [1.82, 2.24) is 5.32 Å². The summed E-state index contributed by atoms with van der Waals surface area (Å²) in [6.07, 6.45) is 0.212. The van der Waals surface area contributed by atoms with Crippen LogP contribution >= 0.6 is 11.6 Å². The average molecular weight is 286 g/mol. The number of carbonyl (C=O) groups excluding carboxylic acids is 1. The Balaban J connectivity index is 2.50. The van der Waals surface area contributed by atoms with Crippen LogP contribution in [0.1, 0.15) is 25.8 Å². The minimum Gasteiger partial charge on any atom is -0.491 e. The Morgan fingerprint density at radius 2 is 2.16 bits per heavy atom. The summed E-state index contributed by atoms with van der Waals surface area (Å²) in [6, 6.07) is 6.06. The van der Waals surface area contributed by atoms with E-state index >= 15 is 0 Å². The maximum absolute atomic E-state index is 10.9. The fraction of sp³-hybridized carbons (Fsp3) is 0.500. The molecule has 0 unspecified atom stereocenters. The lowest BCUT2D eigenvalue weighted by atomic mass is 10.2. The SMILES string of the molecule is COC(=O)CCOc1ccc(CNC(C)C)cc1Cl. The standard InChI is InChI=1S/C14H20ClNO3/c1-10(2)16-9-11-4-5-13(12(15)8-11)19-7-6-14(17)18-3/h4-5,8,10,16H,6-7,9H2,1-3H3. The summed E-state index contributed by atoms with van der Waals surface area (Å²) >= 11 is 6.12. The van der Waals surface area contributed by atoms with E-state index in [9.17, 15) is 4.79 Å². The van der Waals surface area contributed by atoms with Crippen LogP contribution in [0.2, 0.25) is 5.02 Å². The summed E-state index contributed by atoms with van der Waals surface area (Å²) < 4.78 is 9.97. The van der Waals surface area contributed by atoms with Crippen molar-refractivity contribution in [1.29, 1.82) is 0 Å². The predicted molar refractivity (Wildman–Crippen MR) is 75.6 cm³/mol. The van der Waals surface area contributed by atoms with Crippen LogP contribution in [-0.2, 0) is 16.1 Å². The summed E-state index contributed by atoms with van der Waals surface area (Å²) in [5.41, 5.74) is 1.10. The van der Waals surface area contributed by atoms with E-state index < -0.39 is 0 Å². The Labute approximate surface area is 119 Å². The van der Waals surface area contributed by atoms with Gasteiger partial charge in [0.1, 0.15) is 5.75 Å². The molecule has 19 heavy (non-hydrogen) atoms. The fourth-order valence-electron chi connectivity index (χ4n) is 1.44. The molecule has 1 N–H and O–H groups in total. The van der Waals surface area contributed by atoms with E-state index in [2.05, 4.69) is 23.9 Å². The molecule has 1 rings (SSSR count). The normalized spacial score (nSPS) is 10.6. The first kappa shape index (κ1) is 15.8. The van der Waals surface area contributed by atoms with E-state index in [4.69, 9.17) is 16.3 Å². The largest absolute Gasteiger partial charge is 0.491 e. The maximum atomic E-state index is 10.9. The highest BCUT2D eigenvalue weighted by molar-refractivity contribution is 6.32. The van der Waals surface area contributed by atoms with Gasteiger partial charge in [0.25, 0.3) is 0 Å². The van der Waals surface area contributed by atoms with Crippen LogP contribution in [0.4, 0.5) is 0 Å². The second kappa shape index (κ2) is 8.02. The fourth-order valence-corrected chi connectivity index (χ4v) is 1.70. The number of methoxy groups -OCH3 is 1. The molecule has 0 bridgehead atoms. The number of carbonyl (C=O) groups is 1. The van der Waals surface area contributed by atoms with Crippen molar-refractivity contribution in [3.8, 4) is 5.75 Å². The monoisotopic (exact) mass is 285 g/mol.